The predicted molar refractivity (Wildman–Crippen MR) is 84.0 cm³/mol. The Morgan fingerprint density at radius 3 is 2.50 bits per heavy atom. The van der Waals surface area contributed by atoms with Crippen molar-refractivity contribution in [1.82, 2.24) is 4.31 Å². The lowest BCUT2D eigenvalue weighted by atomic mass is 9.92. The SMILES string of the molecule is Cc1ccc(Br)c(S(=O)(=O)N2CCC(C(C)N)CC2)c1. The lowest BCUT2D eigenvalue weighted by molar-refractivity contribution is 0.250. The van der Waals surface area contributed by atoms with Crippen molar-refractivity contribution in [2.45, 2.75) is 37.6 Å². The summed E-state index contributed by atoms with van der Waals surface area (Å²) in [5.41, 5.74) is 6.84. The van der Waals surface area contributed by atoms with Crippen molar-refractivity contribution in [3.63, 3.8) is 0 Å². The van der Waals surface area contributed by atoms with E-state index in [2.05, 4.69) is 15.9 Å². The first-order chi connectivity index (χ1) is 9.32. The average molecular weight is 361 g/mol. The highest BCUT2D eigenvalue weighted by molar-refractivity contribution is 9.10. The van der Waals surface area contributed by atoms with Crippen LogP contribution in [-0.4, -0.2) is 31.9 Å². The summed E-state index contributed by atoms with van der Waals surface area (Å²) in [4.78, 5) is 0.358. The first kappa shape index (κ1) is 15.9. The largest absolute Gasteiger partial charge is 0.328 e. The third-order valence-electron chi connectivity index (χ3n) is 3.95. The summed E-state index contributed by atoms with van der Waals surface area (Å²) >= 11 is 3.34. The van der Waals surface area contributed by atoms with Gasteiger partial charge in [0.1, 0.15) is 0 Å². The molecule has 0 aliphatic carbocycles. The fourth-order valence-electron chi connectivity index (χ4n) is 2.59. The van der Waals surface area contributed by atoms with E-state index in [1.165, 1.54) is 0 Å². The van der Waals surface area contributed by atoms with Crippen molar-refractivity contribution in [1.29, 1.82) is 0 Å². The minimum atomic E-state index is -3.42. The number of nitrogens with two attached hydrogens (primary N) is 1. The Hall–Kier alpha value is -0.430. The van der Waals surface area contributed by atoms with Crippen molar-refractivity contribution in [2.75, 3.05) is 13.1 Å². The molecule has 1 aliphatic rings. The predicted octanol–water partition coefficient (Wildman–Crippen LogP) is 2.51. The second-order valence-corrected chi connectivity index (χ2v) is 8.30. The number of benzene rings is 1. The minimum absolute atomic E-state index is 0.130. The summed E-state index contributed by atoms with van der Waals surface area (Å²) in [6.07, 6.45) is 1.67. The average Bonchev–Trinajstić information content (AvgIpc) is 2.41. The summed E-state index contributed by atoms with van der Waals surface area (Å²) in [6, 6.07) is 5.53. The molecule has 2 rings (SSSR count). The van der Waals surface area contributed by atoms with Crippen molar-refractivity contribution in [3.8, 4) is 0 Å². The van der Waals surface area contributed by atoms with Crippen molar-refractivity contribution in [2.24, 2.45) is 11.7 Å². The summed E-state index contributed by atoms with van der Waals surface area (Å²) in [7, 11) is -3.42. The number of rotatable bonds is 3. The number of nitrogens with zero attached hydrogens (tertiary/aromatic N) is 1. The van der Waals surface area contributed by atoms with E-state index in [1.54, 1.807) is 16.4 Å². The van der Waals surface area contributed by atoms with Gasteiger partial charge in [0.05, 0.1) is 4.90 Å². The van der Waals surface area contributed by atoms with E-state index in [-0.39, 0.29) is 6.04 Å². The Labute approximate surface area is 129 Å². The van der Waals surface area contributed by atoms with Gasteiger partial charge in [-0.05, 0) is 66.2 Å². The quantitative estimate of drug-likeness (QED) is 0.900. The van der Waals surface area contributed by atoms with Crippen LogP contribution in [0.15, 0.2) is 27.6 Å². The van der Waals surface area contributed by atoms with Crippen LogP contribution in [0.5, 0.6) is 0 Å². The molecule has 0 radical (unpaired) electrons. The van der Waals surface area contributed by atoms with Crippen LogP contribution in [-0.2, 0) is 10.0 Å². The summed E-state index contributed by atoms with van der Waals surface area (Å²) in [6.45, 7) is 4.99. The molecule has 0 aromatic heterocycles. The summed E-state index contributed by atoms with van der Waals surface area (Å²) in [5.74, 6) is 0.419. The summed E-state index contributed by atoms with van der Waals surface area (Å²) in [5, 5.41) is 0. The molecule has 112 valence electrons. The van der Waals surface area contributed by atoms with Crippen LogP contribution >= 0.6 is 15.9 Å². The van der Waals surface area contributed by atoms with E-state index in [0.717, 1.165) is 18.4 Å². The van der Waals surface area contributed by atoms with Crippen LogP contribution in [0.2, 0.25) is 0 Å². The third kappa shape index (κ3) is 3.24. The summed E-state index contributed by atoms with van der Waals surface area (Å²) < 4.78 is 27.6. The maximum atomic E-state index is 12.7. The zero-order chi connectivity index (χ0) is 14.9. The highest BCUT2D eigenvalue weighted by Gasteiger charge is 2.31. The van der Waals surface area contributed by atoms with Crippen LogP contribution < -0.4 is 5.73 Å². The molecular formula is C14H21BrN2O2S. The molecule has 20 heavy (non-hydrogen) atoms. The highest BCUT2D eigenvalue weighted by atomic mass is 79.9. The van der Waals surface area contributed by atoms with Gasteiger partial charge in [-0.15, -0.1) is 0 Å². The lowest BCUT2D eigenvalue weighted by Gasteiger charge is -2.33. The van der Waals surface area contributed by atoms with Gasteiger partial charge in [-0.1, -0.05) is 6.07 Å². The van der Waals surface area contributed by atoms with Gasteiger partial charge >= 0.3 is 0 Å². The van der Waals surface area contributed by atoms with Crippen LogP contribution in [0.1, 0.15) is 25.3 Å². The van der Waals surface area contributed by atoms with Gasteiger partial charge in [-0.3, -0.25) is 0 Å². The Kier molecular flexibility index (Phi) is 4.89. The van der Waals surface area contributed by atoms with Crippen LogP contribution in [0.3, 0.4) is 0 Å². The molecule has 0 bridgehead atoms. The van der Waals surface area contributed by atoms with E-state index in [9.17, 15) is 8.42 Å². The maximum absolute atomic E-state index is 12.7. The molecule has 2 N–H and O–H groups in total. The molecule has 6 heteroatoms. The van der Waals surface area contributed by atoms with Crippen LogP contribution in [0.4, 0.5) is 0 Å². The zero-order valence-corrected chi connectivity index (χ0v) is 14.2. The van der Waals surface area contributed by atoms with Gasteiger partial charge in [0.15, 0.2) is 0 Å². The molecule has 1 aromatic carbocycles. The van der Waals surface area contributed by atoms with E-state index < -0.39 is 10.0 Å². The second-order valence-electron chi connectivity index (χ2n) is 5.53. The van der Waals surface area contributed by atoms with Crippen molar-refractivity contribution in [3.05, 3.63) is 28.2 Å². The fourth-order valence-corrected chi connectivity index (χ4v) is 5.07. The number of sulfonamides is 1. The molecule has 1 saturated heterocycles. The number of hydrogen-bond acceptors (Lipinski definition) is 3. The van der Waals surface area contributed by atoms with E-state index in [1.807, 2.05) is 19.9 Å². The van der Waals surface area contributed by atoms with Gasteiger partial charge in [-0.2, -0.15) is 4.31 Å². The minimum Gasteiger partial charge on any atom is -0.328 e. The number of hydrogen-bond donors (Lipinski definition) is 1. The Morgan fingerprint density at radius 1 is 1.35 bits per heavy atom. The number of piperidine rings is 1. The Balaban J connectivity index is 2.22. The molecule has 1 atom stereocenters. The fraction of sp³-hybridized carbons (Fsp3) is 0.571. The molecule has 1 unspecified atom stereocenters. The lowest BCUT2D eigenvalue weighted by Crippen LogP contribution is -2.42. The molecule has 1 heterocycles. The van der Waals surface area contributed by atoms with Crippen molar-refractivity contribution >= 4 is 26.0 Å². The van der Waals surface area contributed by atoms with Gasteiger partial charge in [-0.25, -0.2) is 8.42 Å². The van der Waals surface area contributed by atoms with E-state index in [4.69, 9.17) is 5.73 Å². The normalized spacial score (nSPS) is 20.0. The Morgan fingerprint density at radius 2 is 1.95 bits per heavy atom. The number of aryl methyl sites for hydroxylation is 1. The van der Waals surface area contributed by atoms with Crippen molar-refractivity contribution < 1.29 is 8.42 Å². The molecule has 0 amide bonds. The van der Waals surface area contributed by atoms with Crippen LogP contribution in [0.25, 0.3) is 0 Å². The molecule has 1 aromatic rings. The maximum Gasteiger partial charge on any atom is 0.244 e. The monoisotopic (exact) mass is 360 g/mol. The first-order valence-corrected chi connectivity index (χ1v) is 9.07. The molecule has 0 spiro atoms. The smallest absolute Gasteiger partial charge is 0.244 e. The van der Waals surface area contributed by atoms with Gasteiger partial charge in [0.2, 0.25) is 10.0 Å². The van der Waals surface area contributed by atoms with Gasteiger partial charge < -0.3 is 5.73 Å². The second kappa shape index (κ2) is 6.13. The topological polar surface area (TPSA) is 63.4 Å². The molecule has 4 nitrogen and oxygen atoms in total. The van der Waals surface area contributed by atoms with Gasteiger partial charge in [0, 0.05) is 23.6 Å². The van der Waals surface area contributed by atoms with Crippen LogP contribution in [0, 0.1) is 12.8 Å². The third-order valence-corrected chi connectivity index (χ3v) is 6.84. The zero-order valence-electron chi connectivity index (χ0n) is 11.8. The highest BCUT2D eigenvalue weighted by Crippen LogP contribution is 2.29. The number of halogens is 1. The molecule has 0 saturated carbocycles. The standard InChI is InChI=1S/C14H21BrN2O2S/c1-10-3-4-13(15)14(9-10)20(18,19)17-7-5-12(6-8-17)11(2)16/h3-4,9,11-12H,5-8,16H2,1-2H3. The molecular weight excluding hydrogens is 340 g/mol. The molecule has 1 fully saturated rings. The van der Waals surface area contributed by atoms with E-state index in [0.29, 0.717) is 28.4 Å². The first-order valence-electron chi connectivity index (χ1n) is 6.84. The van der Waals surface area contributed by atoms with Gasteiger partial charge in [0.25, 0.3) is 0 Å². The molecule has 1 aliphatic heterocycles. The Bertz CT molecular complexity index is 579. The van der Waals surface area contributed by atoms with E-state index >= 15 is 0 Å².